The molecule has 2 bridgehead atoms. The lowest BCUT2D eigenvalue weighted by molar-refractivity contribution is -0.137. The largest absolute Gasteiger partial charge is 0.497 e. The molecular formula is C31H37FN2O5S. The minimum atomic E-state index is -3.98. The van der Waals surface area contributed by atoms with Gasteiger partial charge in [-0.15, -0.1) is 0 Å². The van der Waals surface area contributed by atoms with Crippen LogP contribution in [0.25, 0.3) is 0 Å². The number of ketones is 1. The lowest BCUT2D eigenvalue weighted by Gasteiger charge is -2.40. The Kier molecular flexibility index (Phi) is 7.42. The molecule has 1 amide bonds. The SMILES string of the molecule is COc1ccc([C@H]2/C=C\CN(S(=O)(=O)C[C@@]34CC[C@@H](CC3=O)C4(C)C)[C@@H](C)C(=O)N2Cc2ccc(F)cc2)cc1. The number of nitrogens with zero attached hydrogens (tertiary/aromatic N) is 2. The number of amides is 1. The monoisotopic (exact) mass is 568 g/mol. The van der Waals surface area contributed by atoms with Crippen LogP contribution in [0.4, 0.5) is 4.39 Å². The molecule has 0 aromatic heterocycles. The van der Waals surface area contributed by atoms with E-state index in [2.05, 4.69) is 0 Å². The number of halogens is 1. The number of rotatable bonds is 7. The maximum absolute atomic E-state index is 14.1. The summed E-state index contributed by atoms with van der Waals surface area (Å²) in [6, 6.07) is 11.9. The van der Waals surface area contributed by atoms with Crippen LogP contribution in [0.2, 0.25) is 0 Å². The number of fused-ring (bicyclic) bond motifs is 2. The predicted octanol–water partition coefficient (Wildman–Crippen LogP) is 4.89. The summed E-state index contributed by atoms with van der Waals surface area (Å²) in [6.45, 7) is 5.82. The second-order valence-electron chi connectivity index (χ2n) is 11.9. The van der Waals surface area contributed by atoms with Crippen molar-refractivity contribution in [2.75, 3.05) is 19.4 Å². The van der Waals surface area contributed by atoms with Crippen LogP contribution in [0.3, 0.4) is 0 Å². The highest BCUT2D eigenvalue weighted by Crippen LogP contribution is 2.64. The Bertz CT molecular complexity index is 1420. The van der Waals surface area contributed by atoms with Crippen molar-refractivity contribution < 1.29 is 27.1 Å². The Hall–Kier alpha value is -3.04. The smallest absolute Gasteiger partial charge is 0.241 e. The first-order valence-electron chi connectivity index (χ1n) is 13.8. The second-order valence-corrected chi connectivity index (χ2v) is 13.8. The molecule has 1 heterocycles. The molecule has 0 saturated heterocycles. The Balaban J connectivity index is 1.50. The summed E-state index contributed by atoms with van der Waals surface area (Å²) < 4.78 is 48.2. The minimum absolute atomic E-state index is 0.0244. The van der Waals surface area contributed by atoms with Gasteiger partial charge in [-0.3, -0.25) is 9.59 Å². The van der Waals surface area contributed by atoms with E-state index in [1.54, 1.807) is 37.1 Å². The fourth-order valence-electron chi connectivity index (χ4n) is 6.97. The van der Waals surface area contributed by atoms with Gasteiger partial charge in [0.1, 0.15) is 23.4 Å². The Morgan fingerprint density at radius 2 is 1.73 bits per heavy atom. The topological polar surface area (TPSA) is 84.0 Å². The Morgan fingerprint density at radius 1 is 1.05 bits per heavy atom. The first-order valence-corrected chi connectivity index (χ1v) is 15.4. The molecule has 5 rings (SSSR count). The van der Waals surface area contributed by atoms with Gasteiger partial charge in [-0.1, -0.05) is 50.3 Å². The van der Waals surface area contributed by atoms with E-state index in [1.807, 2.05) is 44.2 Å². The van der Waals surface area contributed by atoms with Crippen molar-refractivity contribution in [2.45, 2.75) is 58.7 Å². The molecular weight excluding hydrogens is 531 g/mol. The number of Topliss-reactive ketones (excluding diaryl/α,β-unsaturated/α-hetero) is 1. The minimum Gasteiger partial charge on any atom is -0.497 e. The molecule has 0 N–H and O–H groups in total. The number of carbonyl (C=O) groups excluding carboxylic acids is 2. The van der Waals surface area contributed by atoms with Gasteiger partial charge in [-0.25, -0.2) is 12.8 Å². The Morgan fingerprint density at radius 3 is 2.30 bits per heavy atom. The van der Waals surface area contributed by atoms with Crippen LogP contribution in [-0.4, -0.2) is 54.8 Å². The number of hydrogen-bond donors (Lipinski definition) is 0. The zero-order chi connectivity index (χ0) is 28.9. The highest BCUT2D eigenvalue weighted by Gasteiger charge is 2.65. The van der Waals surface area contributed by atoms with Gasteiger partial charge in [0.2, 0.25) is 15.9 Å². The summed E-state index contributed by atoms with van der Waals surface area (Å²) in [5.41, 5.74) is 0.227. The zero-order valence-electron chi connectivity index (χ0n) is 23.5. The molecule has 40 heavy (non-hydrogen) atoms. The molecule has 0 radical (unpaired) electrons. The van der Waals surface area contributed by atoms with Crippen LogP contribution >= 0.6 is 0 Å². The van der Waals surface area contributed by atoms with Crippen molar-refractivity contribution in [3.63, 3.8) is 0 Å². The quantitative estimate of drug-likeness (QED) is 0.444. The summed E-state index contributed by atoms with van der Waals surface area (Å²) in [4.78, 5) is 28.9. The van der Waals surface area contributed by atoms with E-state index in [1.165, 1.54) is 16.4 Å². The van der Waals surface area contributed by atoms with Crippen LogP contribution in [0, 0.1) is 22.6 Å². The number of carbonyl (C=O) groups is 2. The maximum Gasteiger partial charge on any atom is 0.241 e. The standard InChI is InChI=1S/C31H37FN2O5S/c1-21-29(36)33(19-22-7-11-25(32)12-8-22)27(23-9-13-26(39-4)14-10-23)6-5-17-34(21)40(37,38)20-31-16-15-24(18-28(31)35)30(31,2)3/h5-14,21,24,27H,15-20H2,1-4H3/b6-5-/t21-,24-,27+,31-/m0/s1. The van der Waals surface area contributed by atoms with Gasteiger partial charge in [0, 0.05) is 24.9 Å². The lowest BCUT2D eigenvalue weighted by Crippen LogP contribution is -2.54. The molecule has 2 fully saturated rings. The van der Waals surface area contributed by atoms with Crippen LogP contribution in [-0.2, 0) is 26.2 Å². The van der Waals surface area contributed by atoms with Gasteiger partial charge in [0.15, 0.2) is 0 Å². The molecule has 4 atom stereocenters. The van der Waals surface area contributed by atoms with Crippen molar-refractivity contribution in [3.05, 3.63) is 77.6 Å². The van der Waals surface area contributed by atoms with Gasteiger partial charge in [0.05, 0.1) is 18.9 Å². The van der Waals surface area contributed by atoms with Crippen molar-refractivity contribution in [1.29, 1.82) is 0 Å². The van der Waals surface area contributed by atoms with E-state index >= 15 is 0 Å². The van der Waals surface area contributed by atoms with E-state index in [4.69, 9.17) is 4.74 Å². The number of methoxy groups -OCH3 is 1. The lowest BCUT2D eigenvalue weighted by atomic mass is 9.70. The van der Waals surface area contributed by atoms with Gasteiger partial charge in [-0.05, 0) is 66.5 Å². The zero-order valence-corrected chi connectivity index (χ0v) is 24.3. The normalized spacial score (nSPS) is 29.3. The van der Waals surface area contributed by atoms with Crippen LogP contribution in [0.15, 0.2) is 60.7 Å². The number of sulfonamides is 1. The molecule has 2 saturated carbocycles. The molecule has 7 nitrogen and oxygen atoms in total. The van der Waals surface area contributed by atoms with E-state index in [-0.39, 0.29) is 42.3 Å². The summed E-state index contributed by atoms with van der Waals surface area (Å²) in [7, 11) is -2.40. The first kappa shape index (κ1) is 28.5. The predicted molar refractivity (Wildman–Crippen MR) is 150 cm³/mol. The van der Waals surface area contributed by atoms with E-state index in [9.17, 15) is 22.4 Å². The van der Waals surface area contributed by atoms with E-state index < -0.39 is 32.9 Å². The molecule has 0 spiro atoms. The average Bonchev–Trinajstić information content (AvgIpc) is 3.26. The Labute approximate surface area is 236 Å². The fourth-order valence-corrected chi connectivity index (χ4v) is 9.32. The molecule has 2 aromatic carbocycles. The second kappa shape index (κ2) is 10.4. The van der Waals surface area contributed by atoms with Crippen molar-refractivity contribution in [3.8, 4) is 5.75 Å². The molecule has 3 aliphatic rings. The molecule has 1 aliphatic heterocycles. The van der Waals surface area contributed by atoms with Crippen LogP contribution in [0.5, 0.6) is 5.75 Å². The summed E-state index contributed by atoms with van der Waals surface area (Å²) in [6.07, 6.45) is 5.45. The van der Waals surface area contributed by atoms with Crippen molar-refractivity contribution >= 4 is 21.7 Å². The maximum atomic E-state index is 14.1. The highest BCUT2D eigenvalue weighted by molar-refractivity contribution is 7.89. The fraction of sp³-hybridized carbons (Fsp3) is 0.484. The third-order valence-corrected chi connectivity index (χ3v) is 11.7. The van der Waals surface area contributed by atoms with Crippen molar-refractivity contribution in [2.24, 2.45) is 16.7 Å². The van der Waals surface area contributed by atoms with Gasteiger partial charge in [-0.2, -0.15) is 4.31 Å². The summed E-state index contributed by atoms with van der Waals surface area (Å²) in [5.74, 6) is -0.129. The van der Waals surface area contributed by atoms with Gasteiger partial charge < -0.3 is 9.64 Å². The number of hydrogen-bond acceptors (Lipinski definition) is 5. The highest BCUT2D eigenvalue weighted by atomic mass is 32.2. The van der Waals surface area contributed by atoms with Gasteiger partial charge >= 0.3 is 0 Å². The average molecular weight is 569 g/mol. The van der Waals surface area contributed by atoms with Crippen LogP contribution in [0.1, 0.15) is 57.2 Å². The van der Waals surface area contributed by atoms with E-state index in [0.29, 0.717) is 18.6 Å². The number of benzene rings is 2. The molecule has 0 unspecified atom stereocenters. The third kappa shape index (κ3) is 4.77. The molecule has 9 heteroatoms. The summed E-state index contributed by atoms with van der Waals surface area (Å²) >= 11 is 0. The molecule has 2 aliphatic carbocycles. The van der Waals surface area contributed by atoms with E-state index in [0.717, 1.165) is 17.5 Å². The van der Waals surface area contributed by atoms with Crippen molar-refractivity contribution in [1.82, 2.24) is 9.21 Å². The van der Waals surface area contributed by atoms with Crippen LogP contribution < -0.4 is 4.74 Å². The summed E-state index contributed by atoms with van der Waals surface area (Å²) in [5, 5.41) is 0. The third-order valence-electron chi connectivity index (χ3n) is 9.66. The molecule has 2 aromatic rings. The molecule has 214 valence electrons. The first-order chi connectivity index (χ1) is 18.9. The van der Waals surface area contributed by atoms with Gasteiger partial charge in [0.25, 0.3) is 0 Å². The number of ether oxygens (including phenoxy) is 1.